The van der Waals surface area contributed by atoms with Crippen molar-refractivity contribution in [3.05, 3.63) is 36.0 Å². The molecule has 0 unspecified atom stereocenters. The van der Waals surface area contributed by atoms with Crippen LogP contribution in [-0.4, -0.2) is 46.7 Å². The second-order valence-electron chi connectivity index (χ2n) is 7.60. The molecule has 1 atom stereocenters. The quantitative estimate of drug-likeness (QED) is 0.403. The number of nitrogens with one attached hydrogen (secondary N) is 2. The Morgan fingerprint density at radius 3 is 2.50 bits per heavy atom. The Bertz CT molecular complexity index is 892. The number of hydrogen-bond donors (Lipinski definition) is 3. The van der Waals surface area contributed by atoms with E-state index in [4.69, 9.17) is 5.73 Å². The average molecular weight is 418 g/mol. The van der Waals surface area contributed by atoms with Crippen molar-refractivity contribution in [3.8, 4) is 0 Å². The van der Waals surface area contributed by atoms with Crippen molar-refractivity contribution >= 4 is 34.4 Å². The Labute approximate surface area is 173 Å². The number of fused-ring (bicyclic) bond motifs is 1. The highest BCUT2D eigenvalue weighted by Gasteiger charge is 2.27. The number of Topliss-reactive ketones (excluding diaryl/α,β-unsaturated/α-hetero) is 1. The van der Waals surface area contributed by atoms with Gasteiger partial charge in [-0.05, 0) is 24.5 Å². The largest absolute Gasteiger partial charge is 0.370 e. The van der Waals surface area contributed by atoms with E-state index in [0.717, 1.165) is 15.9 Å². The van der Waals surface area contributed by atoms with E-state index in [1.807, 2.05) is 38.1 Å². The Morgan fingerprint density at radius 2 is 1.90 bits per heavy atom. The van der Waals surface area contributed by atoms with Crippen LogP contribution >= 0.6 is 0 Å². The molecule has 2 rings (SSSR count). The van der Waals surface area contributed by atoms with Crippen molar-refractivity contribution in [3.63, 3.8) is 0 Å². The van der Waals surface area contributed by atoms with Crippen LogP contribution in [0.15, 0.2) is 30.3 Å². The molecule has 0 aliphatic rings. The molecule has 0 aliphatic heterocycles. The Balaban J connectivity index is 2.13. The molecule has 9 heteroatoms. The molecule has 3 amide bonds. The summed E-state index contributed by atoms with van der Waals surface area (Å²) in [5.41, 5.74) is 8.62. The molecule has 0 fully saturated rings. The van der Waals surface area contributed by atoms with Crippen LogP contribution in [0.2, 0.25) is 0 Å². The molecular weight excluding hydrogens is 391 g/mol. The van der Waals surface area contributed by atoms with Crippen molar-refractivity contribution in [2.24, 2.45) is 17.6 Å². The van der Waals surface area contributed by atoms with Crippen molar-refractivity contribution in [2.75, 3.05) is 13.2 Å². The van der Waals surface area contributed by atoms with E-state index in [1.54, 1.807) is 6.07 Å². The van der Waals surface area contributed by atoms with Crippen molar-refractivity contribution in [2.45, 2.75) is 33.1 Å². The average Bonchev–Trinajstić information content (AvgIpc) is 3.13. The van der Waals surface area contributed by atoms with Gasteiger partial charge in [0.25, 0.3) is 5.91 Å². The van der Waals surface area contributed by atoms with Gasteiger partial charge in [-0.2, -0.15) is 0 Å². The zero-order valence-electron chi connectivity index (χ0n) is 17.1. The van der Waals surface area contributed by atoms with Gasteiger partial charge in [0.15, 0.2) is 12.5 Å². The monoisotopic (exact) mass is 418 g/mol. The number of hydrazine groups is 1. The number of aromatic nitrogens is 1. The van der Waals surface area contributed by atoms with Crippen molar-refractivity contribution in [1.82, 2.24) is 15.4 Å². The third-order valence-corrected chi connectivity index (χ3v) is 4.63. The molecule has 162 valence electrons. The SMILES string of the molecule is CC(C)C[C@H](CC(=O)c1cc2ccccc2[nH]1)C(=O)NN(CCC(N)=O)C(=O)CF. The van der Waals surface area contributed by atoms with Crippen LogP contribution in [0.3, 0.4) is 0 Å². The van der Waals surface area contributed by atoms with Crippen LogP contribution in [0.4, 0.5) is 4.39 Å². The van der Waals surface area contributed by atoms with Gasteiger partial charge >= 0.3 is 0 Å². The molecule has 1 aromatic carbocycles. The molecule has 8 nitrogen and oxygen atoms in total. The molecule has 4 N–H and O–H groups in total. The minimum Gasteiger partial charge on any atom is -0.370 e. The highest BCUT2D eigenvalue weighted by Crippen LogP contribution is 2.21. The van der Waals surface area contributed by atoms with Gasteiger partial charge in [0.2, 0.25) is 11.8 Å². The summed E-state index contributed by atoms with van der Waals surface area (Å²) in [5, 5.41) is 1.63. The molecule has 1 aromatic heterocycles. The van der Waals surface area contributed by atoms with E-state index in [0.29, 0.717) is 12.1 Å². The zero-order chi connectivity index (χ0) is 22.3. The predicted molar refractivity (Wildman–Crippen MR) is 110 cm³/mol. The lowest BCUT2D eigenvalue weighted by Crippen LogP contribution is -2.50. The number of nitrogens with two attached hydrogens (primary N) is 1. The number of nitrogens with zero attached hydrogens (tertiary/aromatic N) is 1. The van der Waals surface area contributed by atoms with Gasteiger partial charge in [-0.15, -0.1) is 0 Å². The molecule has 0 radical (unpaired) electrons. The summed E-state index contributed by atoms with van der Waals surface area (Å²) in [4.78, 5) is 51.4. The van der Waals surface area contributed by atoms with Crippen LogP contribution in [0, 0.1) is 11.8 Å². The van der Waals surface area contributed by atoms with Crippen molar-refractivity contribution in [1.29, 1.82) is 0 Å². The van der Waals surface area contributed by atoms with E-state index in [-0.39, 0.29) is 31.1 Å². The first-order chi connectivity index (χ1) is 14.2. The highest BCUT2D eigenvalue weighted by atomic mass is 19.1. The Morgan fingerprint density at radius 1 is 1.20 bits per heavy atom. The van der Waals surface area contributed by atoms with E-state index >= 15 is 0 Å². The van der Waals surface area contributed by atoms with Gasteiger partial charge in [-0.3, -0.25) is 29.6 Å². The molecule has 0 spiro atoms. The number of para-hydroxylation sites is 1. The smallest absolute Gasteiger partial charge is 0.272 e. The molecule has 0 saturated carbocycles. The first kappa shape index (κ1) is 23.1. The summed E-state index contributed by atoms with van der Waals surface area (Å²) in [7, 11) is 0. The number of ketones is 1. The van der Waals surface area contributed by atoms with Crippen LogP contribution < -0.4 is 11.2 Å². The van der Waals surface area contributed by atoms with E-state index in [9.17, 15) is 23.6 Å². The number of primary amides is 1. The zero-order valence-corrected chi connectivity index (χ0v) is 17.1. The number of amides is 3. The number of halogens is 1. The number of hydrogen-bond acceptors (Lipinski definition) is 4. The maximum atomic E-state index is 12.8. The highest BCUT2D eigenvalue weighted by molar-refractivity contribution is 6.01. The van der Waals surface area contributed by atoms with Crippen molar-refractivity contribution < 1.29 is 23.6 Å². The van der Waals surface area contributed by atoms with Gasteiger partial charge in [0, 0.05) is 29.7 Å². The number of benzene rings is 1. The van der Waals surface area contributed by atoms with Gasteiger partial charge in [-0.25, -0.2) is 4.39 Å². The van der Waals surface area contributed by atoms with Crippen LogP contribution in [0.5, 0.6) is 0 Å². The number of alkyl halides is 1. The number of rotatable bonds is 10. The molecule has 0 bridgehead atoms. The van der Waals surface area contributed by atoms with Gasteiger partial charge in [-0.1, -0.05) is 32.0 Å². The normalized spacial score (nSPS) is 12.0. The molecule has 0 saturated heterocycles. The number of carbonyl (C=O) groups excluding carboxylic acids is 4. The van der Waals surface area contributed by atoms with E-state index in [1.165, 1.54) is 0 Å². The standard InChI is InChI=1S/C21H27FN4O4/c1-13(2)9-15(21(30)25-26(20(29)12-22)8-7-19(23)28)11-18(27)17-10-14-5-3-4-6-16(14)24-17/h3-6,10,13,15,24H,7-9,11-12H2,1-2H3,(H2,23,28)(H,25,30)/t15-/m1/s1. The lowest BCUT2D eigenvalue weighted by molar-refractivity contribution is -0.144. The summed E-state index contributed by atoms with van der Waals surface area (Å²) in [6.45, 7) is 2.24. The number of carbonyl (C=O) groups is 4. The minimum atomic E-state index is -1.33. The second kappa shape index (κ2) is 10.5. The van der Waals surface area contributed by atoms with Crippen LogP contribution in [-0.2, 0) is 14.4 Å². The second-order valence-corrected chi connectivity index (χ2v) is 7.60. The molecular formula is C21H27FN4O4. The number of aromatic amines is 1. The Hall–Kier alpha value is -3.23. The van der Waals surface area contributed by atoms with Gasteiger partial charge < -0.3 is 10.7 Å². The first-order valence-corrected chi connectivity index (χ1v) is 9.77. The molecule has 30 heavy (non-hydrogen) atoms. The van der Waals surface area contributed by atoms with Gasteiger partial charge in [0.1, 0.15) is 0 Å². The molecule has 1 heterocycles. The van der Waals surface area contributed by atoms with E-state index < -0.39 is 30.3 Å². The molecule has 0 aliphatic carbocycles. The lowest BCUT2D eigenvalue weighted by Gasteiger charge is -2.25. The number of H-pyrrole nitrogens is 1. The predicted octanol–water partition coefficient (Wildman–Crippen LogP) is 2.11. The van der Waals surface area contributed by atoms with E-state index in [2.05, 4.69) is 10.4 Å². The van der Waals surface area contributed by atoms with Crippen LogP contribution in [0.1, 0.15) is 43.6 Å². The lowest BCUT2D eigenvalue weighted by atomic mass is 9.91. The first-order valence-electron chi connectivity index (χ1n) is 9.77. The van der Waals surface area contributed by atoms with Gasteiger partial charge in [0.05, 0.1) is 12.2 Å². The fraction of sp³-hybridized carbons (Fsp3) is 0.429. The summed E-state index contributed by atoms with van der Waals surface area (Å²) < 4.78 is 12.8. The third-order valence-electron chi connectivity index (χ3n) is 4.63. The third kappa shape index (κ3) is 6.40. The Kier molecular flexibility index (Phi) is 8.08. The fourth-order valence-corrected chi connectivity index (χ4v) is 3.17. The topological polar surface area (TPSA) is 125 Å². The summed E-state index contributed by atoms with van der Waals surface area (Å²) in [6, 6.07) is 9.17. The minimum absolute atomic E-state index is 0.0791. The summed E-state index contributed by atoms with van der Waals surface area (Å²) in [5.74, 6) is -3.13. The summed E-state index contributed by atoms with van der Waals surface area (Å²) in [6.07, 6.45) is 0.0877. The van der Waals surface area contributed by atoms with Crippen LogP contribution in [0.25, 0.3) is 10.9 Å². The molecule has 2 aromatic rings. The maximum absolute atomic E-state index is 12.8. The maximum Gasteiger partial charge on any atom is 0.272 e. The fourth-order valence-electron chi connectivity index (χ4n) is 3.17. The summed E-state index contributed by atoms with van der Waals surface area (Å²) >= 11 is 0.